The number of hydrogen-bond donors (Lipinski definition) is 1. The van der Waals surface area contributed by atoms with Gasteiger partial charge in [-0.15, -0.1) is 0 Å². The zero-order valence-corrected chi connectivity index (χ0v) is 13.0. The minimum absolute atomic E-state index is 1.19. The molecule has 0 saturated heterocycles. The molecule has 0 bridgehead atoms. The number of aryl methyl sites for hydroxylation is 3. The number of halogens is 3. The second kappa shape index (κ2) is 8.48. The molecule has 1 N–H and O–H groups in total. The van der Waals surface area contributed by atoms with E-state index < -0.39 is 10.9 Å². The van der Waals surface area contributed by atoms with Crippen molar-refractivity contribution in [1.29, 1.82) is 0 Å². The van der Waals surface area contributed by atoms with Crippen molar-refractivity contribution in [3.05, 3.63) is 35.4 Å². The van der Waals surface area contributed by atoms with Gasteiger partial charge in [0.2, 0.25) is 0 Å². The molecule has 5 heteroatoms. The zero-order valence-electron chi connectivity index (χ0n) is 9.70. The summed E-state index contributed by atoms with van der Waals surface area (Å²) in [4.78, 5) is 0. The van der Waals surface area contributed by atoms with Gasteiger partial charge in [0.05, 0.1) is 0 Å². The molecule has 0 unspecified atom stereocenters. The molecule has 0 amide bonds. The predicted molar refractivity (Wildman–Crippen MR) is 71.8 cm³/mol. The van der Waals surface area contributed by atoms with E-state index in [9.17, 15) is 0 Å². The third-order valence-corrected chi connectivity index (χ3v) is 1.97. The topological polar surface area (TPSA) is 12.0 Å². The quantitative estimate of drug-likeness (QED) is 0.780. The molecule has 0 aliphatic rings. The van der Waals surface area contributed by atoms with E-state index in [4.69, 9.17) is 30.4 Å². The van der Waals surface area contributed by atoms with E-state index in [1.165, 1.54) is 22.4 Å². The van der Waals surface area contributed by atoms with Crippen LogP contribution in [-0.4, -0.2) is 0 Å². The maximum atomic E-state index is 4.87. The van der Waals surface area contributed by atoms with Gasteiger partial charge in [-0.25, -0.2) is 0 Å². The van der Waals surface area contributed by atoms with Crippen molar-refractivity contribution in [3.8, 4) is 0 Å². The zero-order chi connectivity index (χ0) is 12.7. The fourth-order valence-electron chi connectivity index (χ4n) is 1.55. The third kappa shape index (κ3) is 6.87. The number of hydrogen-bond acceptors (Lipinski definition) is 1. The summed E-state index contributed by atoms with van der Waals surface area (Å²) in [5, 5.41) is 3.25. The molecule has 0 saturated carbocycles. The van der Waals surface area contributed by atoms with Crippen LogP contribution in [0.15, 0.2) is 12.1 Å². The van der Waals surface area contributed by atoms with Crippen molar-refractivity contribution < 1.29 is 10.9 Å². The normalized spacial score (nSPS) is 10.3. The van der Waals surface area contributed by atoms with Crippen LogP contribution in [0, 0.1) is 27.3 Å². The Hall–Kier alpha value is 0.396. The van der Waals surface area contributed by atoms with Crippen LogP contribution in [0.3, 0.4) is 0 Å². The first kappa shape index (κ1) is 16.4. The average Bonchev–Trinajstić information content (AvgIpc) is 2.10. The monoisotopic (exact) mass is 326 g/mol. The Morgan fingerprint density at radius 3 is 1.75 bits per heavy atom. The molecule has 0 aliphatic heterocycles. The van der Waals surface area contributed by atoms with Gasteiger partial charge in [-0.1, -0.05) is 17.7 Å². The van der Waals surface area contributed by atoms with Crippen molar-refractivity contribution in [2.45, 2.75) is 27.7 Å². The molecule has 0 heterocycles. The standard InChI is InChI=1S/C11H16N.3ClH.Co/c1-5-12-11-9(3)6-8(2)7-10(11)4;;;;/h5-7,12H,1-4H3;3*1H;/q;;;;+3/p-3. The molecule has 1 aromatic carbocycles. The van der Waals surface area contributed by atoms with Gasteiger partial charge in [0.15, 0.2) is 0 Å². The summed E-state index contributed by atoms with van der Waals surface area (Å²) < 4.78 is 0. The van der Waals surface area contributed by atoms with Crippen molar-refractivity contribution in [3.63, 3.8) is 0 Å². The van der Waals surface area contributed by atoms with Crippen LogP contribution >= 0.6 is 30.4 Å². The number of rotatable bonds is 2. The molecule has 16 heavy (non-hydrogen) atoms. The summed E-state index contributed by atoms with van der Waals surface area (Å²) in [6, 6.07) is 4.39. The molecule has 0 fully saturated rings. The third-order valence-electron chi connectivity index (χ3n) is 1.97. The van der Waals surface area contributed by atoms with Crippen LogP contribution in [0.5, 0.6) is 0 Å². The fraction of sp³-hybridized carbons (Fsp3) is 0.364. The Morgan fingerprint density at radius 2 is 1.44 bits per heavy atom. The molecule has 1 radical (unpaired) electrons. The molecular weight excluding hydrogens is 311 g/mol. The Morgan fingerprint density at radius 1 is 1.06 bits per heavy atom. The van der Waals surface area contributed by atoms with Crippen LogP contribution in [0.4, 0.5) is 5.69 Å². The fourth-order valence-corrected chi connectivity index (χ4v) is 1.55. The Labute approximate surface area is 115 Å². The van der Waals surface area contributed by atoms with E-state index in [0.717, 1.165) is 0 Å². The summed E-state index contributed by atoms with van der Waals surface area (Å²) >= 11 is 0. The average molecular weight is 328 g/mol. The minimum atomic E-state index is -1.19. The molecule has 0 spiro atoms. The summed E-state index contributed by atoms with van der Waals surface area (Å²) in [5.74, 6) is 0. The molecule has 0 aromatic heterocycles. The molecule has 95 valence electrons. The Balaban J connectivity index is 0.000000487. The summed E-state index contributed by atoms with van der Waals surface area (Å²) in [7, 11) is 13.4. The SMILES string of the molecule is C[CH]Nc1c(C)cc(C)cc1C.[Cl][Co]([Cl])[Cl]. The van der Waals surface area contributed by atoms with Crippen molar-refractivity contribution >= 4 is 36.1 Å². The molecule has 1 aromatic rings. The van der Waals surface area contributed by atoms with E-state index in [-0.39, 0.29) is 0 Å². The van der Waals surface area contributed by atoms with Crippen LogP contribution < -0.4 is 5.32 Å². The Bertz CT molecular complexity index is 303. The van der Waals surface area contributed by atoms with Gasteiger partial charge in [-0.3, -0.25) is 0 Å². The number of benzene rings is 1. The van der Waals surface area contributed by atoms with Gasteiger partial charge in [0.1, 0.15) is 0 Å². The second-order valence-corrected chi connectivity index (χ2v) is 8.51. The van der Waals surface area contributed by atoms with Gasteiger partial charge < -0.3 is 5.32 Å². The molecule has 0 atom stereocenters. The second-order valence-electron chi connectivity index (χ2n) is 3.35. The summed E-state index contributed by atoms with van der Waals surface area (Å²) in [6.45, 7) is 10.3. The predicted octanol–water partition coefficient (Wildman–Crippen LogP) is 5.27. The van der Waals surface area contributed by atoms with Crippen molar-refractivity contribution in [2.75, 3.05) is 5.32 Å². The van der Waals surface area contributed by atoms with Crippen LogP contribution in [0.25, 0.3) is 0 Å². The van der Waals surface area contributed by atoms with E-state index in [2.05, 4.69) is 38.2 Å². The first-order chi connectivity index (χ1) is 7.38. The molecule has 1 rings (SSSR count). The van der Waals surface area contributed by atoms with E-state index >= 15 is 0 Å². The first-order valence-corrected chi connectivity index (χ1v) is 8.95. The molecule has 1 nitrogen and oxygen atoms in total. The summed E-state index contributed by atoms with van der Waals surface area (Å²) in [5.41, 5.74) is 5.19. The van der Waals surface area contributed by atoms with Gasteiger partial charge >= 0.3 is 41.4 Å². The van der Waals surface area contributed by atoms with E-state index in [1.807, 2.05) is 13.5 Å². The van der Waals surface area contributed by atoms with Gasteiger partial charge in [0, 0.05) is 12.2 Å². The van der Waals surface area contributed by atoms with Crippen LogP contribution in [0.1, 0.15) is 23.6 Å². The summed E-state index contributed by atoms with van der Waals surface area (Å²) in [6.07, 6.45) is 0. The van der Waals surface area contributed by atoms with E-state index in [1.54, 1.807) is 0 Å². The van der Waals surface area contributed by atoms with Gasteiger partial charge in [-0.2, -0.15) is 0 Å². The number of nitrogens with one attached hydrogen (secondary N) is 1. The van der Waals surface area contributed by atoms with Crippen molar-refractivity contribution in [1.82, 2.24) is 0 Å². The van der Waals surface area contributed by atoms with Gasteiger partial charge in [-0.05, 0) is 38.8 Å². The number of anilines is 1. The van der Waals surface area contributed by atoms with Crippen molar-refractivity contribution in [2.24, 2.45) is 0 Å². The van der Waals surface area contributed by atoms with Crippen LogP contribution in [-0.2, 0) is 10.9 Å². The van der Waals surface area contributed by atoms with Gasteiger partial charge in [0.25, 0.3) is 0 Å². The Kier molecular flexibility index (Phi) is 8.69. The maximum absolute atomic E-state index is 4.87. The van der Waals surface area contributed by atoms with E-state index in [0.29, 0.717) is 0 Å². The first-order valence-electron chi connectivity index (χ1n) is 4.65. The molecular formula is C11H16Cl3CoN. The van der Waals surface area contributed by atoms with Crippen LogP contribution in [0.2, 0.25) is 0 Å². The molecule has 0 aliphatic carbocycles.